The molecule has 0 unspecified atom stereocenters. The Labute approximate surface area is 68.3 Å². The van der Waals surface area contributed by atoms with Gasteiger partial charge in [0.05, 0.1) is 11.0 Å². The molecular formula is C8H8N2S. The molecule has 1 aliphatic rings. The van der Waals surface area contributed by atoms with Crippen LogP contribution >= 0.6 is 11.3 Å². The quantitative estimate of drug-likeness (QED) is 0.689. The monoisotopic (exact) mass is 164 g/mol. The Kier molecular flexibility index (Phi) is 0.973. The lowest BCUT2D eigenvalue weighted by Crippen LogP contribution is -1.79. The lowest BCUT2D eigenvalue weighted by atomic mass is 10.4. The van der Waals surface area contributed by atoms with Gasteiger partial charge in [-0.25, -0.2) is 4.98 Å². The first-order valence-corrected chi connectivity index (χ1v) is 4.79. The van der Waals surface area contributed by atoms with Crippen LogP contribution in [0.5, 0.6) is 0 Å². The zero-order valence-corrected chi connectivity index (χ0v) is 6.82. The number of aromatic nitrogens is 2. The molecule has 0 aliphatic heterocycles. The van der Waals surface area contributed by atoms with E-state index >= 15 is 0 Å². The topological polar surface area (TPSA) is 28.7 Å². The molecule has 2 aromatic heterocycles. The maximum atomic E-state index is 4.49. The van der Waals surface area contributed by atoms with E-state index in [1.165, 1.54) is 24.2 Å². The summed E-state index contributed by atoms with van der Waals surface area (Å²) >= 11 is 1.71. The molecule has 1 fully saturated rings. The largest absolute Gasteiger partial charge is 0.341 e. The highest BCUT2D eigenvalue weighted by atomic mass is 32.1. The van der Waals surface area contributed by atoms with Gasteiger partial charge in [0.15, 0.2) is 0 Å². The van der Waals surface area contributed by atoms with Crippen molar-refractivity contribution in [3.05, 3.63) is 16.6 Å². The van der Waals surface area contributed by atoms with E-state index in [1.54, 1.807) is 11.3 Å². The molecule has 0 spiro atoms. The highest BCUT2D eigenvalue weighted by molar-refractivity contribution is 7.09. The number of hydrogen-bond acceptors (Lipinski definition) is 2. The van der Waals surface area contributed by atoms with Crippen LogP contribution < -0.4 is 0 Å². The summed E-state index contributed by atoms with van der Waals surface area (Å²) in [6.45, 7) is 0. The van der Waals surface area contributed by atoms with Crippen molar-refractivity contribution < 1.29 is 0 Å². The third kappa shape index (κ3) is 0.807. The van der Waals surface area contributed by atoms with Crippen molar-refractivity contribution in [1.82, 2.24) is 9.97 Å². The summed E-state index contributed by atoms with van der Waals surface area (Å²) in [6, 6.07) is 0. The van der Waals surface area contributed by atoms with Gasteiger partial charge in [0.25, 0.3) is 0 Å². The normalized spacial score (nSPS) is 17.8. The highest BCUT2D eigenvalue weighted by Gasteiger charge is 2.26. The fourth-order valence-electron chi connectivity index (χ4n) is 1.32. The molecule has 0 aromatic carbocycles. The van der Waals surface area contributed by atoms with Crippen LogP contribution in [0.1, 0.15) is 24.6 Å². The van der Waals surface area contributed by atoms with Gasteiger partial charge in [-0.1, -0.05) is 0 Å². The maximum absolute atomic E-state index is 4.49. The smallest absolute Gasteiger partial charge is 0.110 e. The van der Waals surface area contributed by atoms with Crippen LogP contribution in [0.25, 0.3) is 11.0 Å². The third-order valence-corrected chi connectivity index (χ3v) is 2.84. The van der Waals surface area contributed by atoms with Gasteiger partial charge in [-0.3, -0.25) is 0 Å². The average Bonchev–Trinajstić information content (AvgIpc) is 2.60. The van der Waals surface area contributed by atoms with E-state index in [0.29, 0.717) is 0 Å². The molecule has 0 amide bonds. The number of nitrogens with zero attached hydrogens (tertiary/aromatic N) is 1. The summed E-state index contributed by atoms with van der Waals surface area (Å²) in [5.41, 5.74) is 2.34. The average molecular weight is 164 g/mol. The first-order chi connectivity index (χ1) is 5.43. The zero-order chi connectivity index (χ0) is 7.26. The van der Waals surface area contributed by atoms with Crippen molar-refractivity contribution >= 4 is 22.4 Å². The number of H-pyrrole nitrogens is 1. The molecule has 56 valence electrons. The second-order valence-corrected chi connectivity index (χ2v) is 3.81. The summed E-state index contributed by atoms with van der Waals surface area (Å²) in [4.78, 5) is 7.83. The number of imidazole rings is 1. The van der Waals surface area contributed by atoms with Gasteiger partial charge < -0.3 is 4.98 Å². The van der Waals surface area contributed by atoms with Crippen molar-refractivity contribution in [2.24, 2.45) is 0 Å². The van der Waals surface area contributed by atoms with E-state index in [9.17, 15) is 0 Å². The minimum absolute atomic E-state index is 0.743. The molecule has 0 saturated heterocycles. The predicted molar refractivity (Wildman–Crippen MR) is 45.9 cm³/mol. The van der Waals surface area contributed by atoms with Crippen molar-refractivity contribution in [2.75, 3.05) is 0 Å². The number of nitrogens with one attached hydrogen (secondary N) is 1. The second kappa shape index (κ2) is 1.85. The highest BCUT2D eigenvalue weighted by Crippen LogP contribution is 2.39. The van der Waals surface area contributed by atoms with E-state index in [4.69, 9.17) is 0 Å². The van der Waals surface area contributed by atoms with Gasteiger partial charge in [0.1, 0.15) is 5.82 Å². The van der Waals surface area contributed by atoms with E-state index in [1.807, 2.05) is 0 Å². The Morgan fingerprint density at radius 1 is 1.45 bits per heavy atom. The summed E-state index contributed by atoms with van der Waals surface area (Å²) in [5.74, 6) is 1.94. The van der Waals surface area contributed by atoms with Crippen LogP contribution in [0.15, 0.2) is 10.8 Å². The van der Waals surface area contributed by atoms with E-state index in [-0.39, 0.29) is 0 Å². The van der Waals surface area contributed by atoms with E-state index in [2.05, 4.69) is 20.7 Å². The summed E-state index contributed by atoms with van der Waals surface area (Å²) in [6.07, 6.45) is 2.64. The molecule has 3 heteroatoms. The van der Waals surface area contributed by atoms with Gasteiger partial charge in [0, 0.05) is 16.7 Å². The molecule has 11 heavy (non-hydrogen) atoms. The number of rotatable bonds is 1. The fraction of sp³-hybridized carbons (Fsp3) is 0.375. The maximum Gasteiger partial charge on any atom is 0.110 e. The molecule has 0 radical (unpaired) electrons. The zero-order valence-electron chi connectivity index (χ0n) is 6.00. The Bertz CT molecular complexity index is 355. The lowest BCUT2D eigenvalue weighted by molar-refractivity contribution is 0.986. The second-order valence-electron chi connectivity index (χ2n) is 3.07. The third-order valence-electron chi connectivity index (χ3n) is 2.11. The summed E-state index contributed by atoms with van der Waals surface area (Å²) < 4.78 is 0. The number of hydrogen-bond donors (Lipinski definition) is 1. The molecule has 3 rings (SSSR count). The summed E-state index contributed by atoms with van der Waals surface area (Å²) in [7, 11) is 0. The van der Waals surface area contributed by atoms with Gasteiger partial charge in [-0.05, 0) is 12.8 Å². The Balaban J connectivity index is 2.22. The molecule has 2 aromatic rings. The molecular weight excluding hydrogens is 156 g/mol. The molecule has 1 saturated carbocycles. The molecule has 0 atom stereocenters. The van der Waals surface area contributed by atoms with Crippen LogP contribution in [0.3, 0.4) is 0 Å². The fourth-order valence-corrected chi connectivity index (χ4v) is 2.01. The number of thiophene rings is 1. The predicted octanol–water partition coefficient (Wildman–Crippen LogP) is 2.50. The van der Waals surface area contributed by atoms with Crippen molar-refractivity contribution in [2.45, 2.75) is 18.8 Å². The van der Waals surface area contributed by atoms with Gasteiger partial charge in [-0.2, -0.15) is 0 Å². The van der Waals surface area contributed by atoms with Gasteiger partial charge in [0.2, 0.25) is 0 Å². The number of fused-ring (bicyclic) bond motifs is 1. The molecule has 0 bridgehead atoms. The summed E-state index contributed by atoms with van der Waals surface area (Å²) in [5, 5.41) is 4.21. The minimum Gasteiger partial charge on any atom is -0.341 e. The van der Waals surface area contributed by atoms with E-state index in [0.717, 1.165) is 11.4 Å². The molecule has 2 heterocycles. The van der Waals surface area contributed by atoms with Crippen LogP contribution in [0.4, 0.5) is 0 Å². The first-order valence-electron chi connectivity index (χ1n) is 3.85. The Hall–Kier alpha value is -0.830. The SMILES string of the molecule is c1scc2[nH]c(C3CC3)nc12. The van der Waals surface area contributed by atoms with Crippen molar-refractivity contribution in [3.63, 3.8) is 0 Å². The Morgan fingerprint density at radius 3 is 3.09 bits per heavy atom. The van der Waals surface area contributed by atoms with Crippen LogP contribution in [-0.4, -0.2) is 9.97 Å². The van der Waals surface area contributed by atoms with Crippen LogP contribution in [0.2, 0.25) is 0 Å². The molecule has 1 N–H and O–H groups in total. The number of aromatic amines is 1. The first kappa shape index (κ1) is 5.77. The van der Waals surface area contributed by atoms with Crippen molar-refractivity contribution in [3.8, 4) is 0 Å². The molecule has 2 nitrogen and oxygen atoms in total. The van der Waals surface area contributed by atoms with Crippen LogP contribution in [0, 0.1) is 0 Å². The van der Waals surface area contributed by atoms with Crippen LogP contribution in [-0.2, 0) is 0 Å². The standard InChI is InChI=1S/C8H8N2S/c1-2-5(1)8-9-6-3-11-4-7(6)10-8/h3-5H,1-2H2,(H,9,10). The molecule has 1 aliphatic carbocycles. The minimum atomic E-state index is 0.743. The van der Waals surface area contributed by atoms with Gasteiger partial charge in [-0.15, -0.1) is 11.3 Å². The lowest BCUT2D eigenvalue weighted by Gasteiger charge is -1.84. The van der Waals surface area contributed by atoms with Gasteiger partial charge >= 0.3 is 0 Å². The Morgan fingerprint density at radius 2 is 2.36 bits per heavy atom. The van der Waals surface area contributed by atoms with Crippen molar-refractivity contribution in [1.29, 1.82) is 0 Å². The van der Waals surface area contributed by atoms with E-state index < -0.39 is 0 Å².